The summed E-state index contributed by atoms with van der Waals surface area (Å²) in [6.45, 7) is 4.66. The van der Waals surface area contributed by atoms with E-state index in [9.17, 15) is 9.59 Å². The Morgan fingerprint density at radius 2 is 1.73 bits per heavy atom. The van der Waals surface area contributed by atoms with E-state index in [4.69, 9.17) is 4.74 Å². The Hall–Kier alpha value is -2.37. The van der Waals surface area contributed by atoms with Gasteiger partial charge in [-0.15, -0.1) is 12.4 Å². The summed E-state index contributed by atoms with van der Waals surface area (Å²) in [6.07, 6.45) is 0.388. The molecular formula is C20H23ClN2O3. The van der Waals surface area contributed by atoms with E-state index in [-0.39, 0.29) is 24.1 Å². The van der Waals surface area contributed by atoms with Gasteiger partial charge in [0.1, 0.15) is 0 Å². The summed E-state index contributed by atoms with van der Waals surface area (Å²) in [7, 11) is 0. The number of carbonyl (C=O) groups excluding carboxylic acids is 2. The second-order valence-corrected chi connectivity index (χ2v) is 5.93. The molecule has 0 radical (unpaired) electrons. The minimum absolute atomic E-state index is 0. The van der Waals surface area contributed by atoms with Crippen molar-refractivity contribution in [1.82, 2.24) is 0 Å². The monoisotopic (exact) mass is 374 g/mol. The van der Waals surface area contributed by atoms with Crippen molar-refractivity contribution in [2.45, 2.75) is 13.3 Å². The summed E-state index contributed by atoms with van der Waals surface area (Å²) in [4.78, 5) is 26.8. The highest BCUT2D eigenvalue weighted by Crippen LogP contribution is 2.29. The molecule has 1 saturated heterocycles. The normalized spacial score (nSPS) is 13.7. The van der Waals surface area contributed by atoms with E-state index in [2.05, 4.69) is 10.2 Å². The molecule has 0 aromatic heterocycles. The summed E-state index contributed by atoms with van der Waals surface area (Å²) in [6, 6.07) is 14.7. The minimum Gasteiger partial charge on any atom is -0.378 e. The van der Waals surface area contributed by atoms with Gasteiger partial charge in [-0.3, -0.25) is 9.59 Å². The molecule has 1 fully saturated rings. The first-order chi connectivity index (χ1) is 12.2. The SMILES string of the molecule is CCC(=O)Nc1cc(C(=O)c2ccccc2)ccc1N1CCOCC1.Cl. The molecule has 26 heavy (non-hydrogen) atoms. The number of ether oxygens (including phenoxy) is 1. The highest BCUT2D eigenvalue weighted by Gasteiger charge is 2.18. The average molecular weight is 375 g/mol. The number of morpholine rings is 1. The highest BCUT2D eigenvalue weighted by atomic mass is 35.5. The highest BCUT2D eigenvalue weighted by molar-refractivity contribution is 6.10. The molecule has 1 aliphatic heterocycles. The van der Waals surface area contributed by atoms with Gasteiger partial charge in [-0.1, -0.05) is 37.3 Å². The lowest BCUT2D eigenvalue weighted by atomic mass is 10.0. The maximum Gasteiger partial charge on any atom is 0.224 e. The molecule has 1 amide bonds. The van der Waals surface area contributed by atoms with E-state index in [1.165, 1.54) is 0 Å². The Morgan fingerprint density at radius 3 is 2.38 bits per heavy atom. The van der Waals surface area contributed by atoms with Crippen LogP contribution in [0.25, 0.3) is 0 Å². The lowest BCUT2D eigenvalue weighted by Crippen LogP contribution is -2.36. The lowest BCUT2D eigenvalue weighted by molar-refractivity contribution is -0.115. The van der Waals surface area contributed by atoms with Crippen LogP contribution in [0.1, 0.15) is 29.3 Å². The van der Waals surface area contributed by atoms with Crippen molar-refractivity contribution in [1.29, 1.82) is 0 Å². The number of benzene rings is 2. The molecule has 0 unspecified atom stereocenters. The second-order valence-electron chi connectivity index (χ2n) is 5.93. The Labute approximate surface area is 159 Å². The van der Waals surface area contributed by atoms with Crippen LogP contribution in [0.15, 0.2) is 48.5 Å². The molecule has 138 valence electrons. The van der Waals surface area contributed by atoms with Crippen molar-refractivity contribution in [3.05, 3.63) is 59.7 Å². The molecule has 2 aromatic rings. The second kappa shape index (κ2) is 9.36. The Morgan fingerprint density at radius 1 is 1.04 bits per heavy atom. The van der Waals surface area contributed by atoms with Gasteiger partial charge in [0.2, 0.25) is 5.91 Å². The van der Waals surface area contributed by atoms with Crippen LogP contribution in [0.3, 0.4) is 0 Å². The van der Waals surface area contributed by atoms with Crippen LogP contribution in [-0.4, -0.2) is 38.0 Å². The first-order valence-electron chi connectivity index (χ1n) is 8.55. The van der Waals surface area contributed by atoms with Crippen LogP contribution in [0, 0.1) is 0 Å². The first-order valence-corrected chi connectivity index (χ1v) is 8.55. The zero-order valence-corrected chi connectivity index (χ0v) is 15.6. The number of nitrogens with one attached hydrogen (secondary N) is 1. The van der Waals surface area contributed by atoms with Gasteiger partial charge in [0.05, 0.1) is 24.6 Å². The van der Waals surface area contributed by atoms with Gasteiger partial charge in [0, 0.05) is 30.6 Å². The molecule has 0 spiro atoms. The molecule has 3 rings (SSSR count). The lowest BCUT2D eigenvalue weighted by Gasteiger charge is -2.30. The van der Waals surface area contributed by atoms with Crippen molar-refractivity contribution in [2.75, 3.05) is 36.5 Å². The van der Waals surface area contributed by atoms with Crippen LogP contribution < -0.4 is 10.2 Å². The van der Waals surface area contributed by atoms with E-state index in [1.54, 1.807) is 18.2 Å². The smallest absolute Gasteiger partial charge is 0.224 e. The molecule has 1 N–H and O–H groups in total. The van der Waals surface area contributed by atoms with Crippen LogP contribution in [0.5, 0.6) is 0 Å². The third kappa shape index (κ3) is 4.62. The summed E-state index contributed by atoms with van der Waals surface area (Å²) in [5, 5.41) is 2.93. The van der Waals surface area contributed by atoms with Gasteiger partial charge in [-0.2, -0.15) is 0 Å². The number of nitrogens with zero attached hydrogens (tertiary/aromatic N) is 1. The van der Waals surface area contributed by atoms with Crippen molar-refractivity contribution >= 4 is 35.5 Å². The Bertz CT molecular complexity index is 759. The third-order valence-corrected chi connectivity index (χ3v) is 4.24. The van der Waals surface area contributed by atoms with Gasteiger partial charge in [-0.25, -0.2) is 0 Å². The quantitative estimate of drug-likeness (QED) is 0.813. The zero-order valence-electron chi connectivity index (χ0n) is 14.7. The van der Waals surface area contributed by atoms with Gasteiger partial charge in [0.25, 0.3) is 0 Å². The predicted octanol–water partition coefficient (Wildman–Crippen LogP) is 3.52. The number of hydrogen-bond acceptors (Lipinski definition) is 4. The van der Waals surface area contributed by atoms with E-state index in [0.29, 0.717) is 36.4 Å². The number of anilines is 2. The van der Waals surface area contributed by atoms with E-state index < -0.39 is 0 Å². The average Bonchev–Trinajstić information content (AvgIpc) is 2.68. The van der Waals surface area contributed by atoms with Gasteiger partial charge in [-0.05, 0) is 18.2 Å². The molecule has 0 saturated carbocycles. The molecule has 6 heteroatoms. The molecule has 1 aliphatic rings. The molecule has 5 nitrogen and oxygen atoms in total. The van der Waals surface area contributed by atoms with Crippen LogP contribution in [-0.2, 0) is 9.53 Å². The Kier molecular flexibility index (Phi) is 7.18. The Balaban J connectivity index is 0.00000243. The standard InChI is InChI=1S/C20H22N2O3.ClH/c1-2-19(23)21-17-14-16(20(24)15-6-4-3-5-7-15)8-9-18(17)22-10-12-25-13-11-22;/h3-9,14H,2,10-13H2,1H3,(H,21,23);1H. The van der Waals surface area contributed by atoms with Gasteiger partial charge in [0.15, 0.2) is 5.78 Å². The van der Waals surface area contributed by atoms with E-state index in [1.807, 2.05) is 37.3 Å². The van der Waals surface area contributed by atoms with Crippen molar-refractivity contribution in [3.63, 3.8) is 0 Å². The largest absolute Gasteiger partial charge is 0.378 e. The van der Waals surface area contributed by atoms with Crippen molar-refractivity contribution in [3.8, 4) is 0 Å². The predicted molar refractivity (Wildman–Crippen MR) is 106 cm³/mol. The molecular weight excluding hydrogens is 352 g/mol. The molecule has 0 bridgehead atoms. The number of carbonyl (C=O) groups is 2. The van der Waals surface area contributed by atoms with E-state index in [0.717, 1.165) is 18.8 Å². The first kappa shape index (κ1) is 19.9. The fourth-order valence-electron chi connectivity index (χ4n) is 2.85. The number of halogens is 1. The zero-order chi connectivity index (χ0) is 17.6. The van der Waals surface area contributed by atoms with Crippen molar-refractivity contribution < 1.29 is 14.3 Å². The van der Waals surface area contributed by atoms with Crippen LogP contribution in [0.2, 0.25) is 0 Å². The summed E-state index contributed by atoms with van der Waals surface area (Å²) < 4.78 is 5.40. The molecule has 2 aromatic carbocycles. The molecule has 0 atom stereocenters. The van der Waals surface area contributed by atoms with Crippen LogP contribution >= 0.6 is 12.4 Å². The summed E-state index contributed by atoms with van der Waals surface area (Å²) >= 11 is 0. The maximum absolute atomic E-state index is 12.7. The summed E-state index contributed by atoms with van der Waals surface area (Å²) in [5.74, 6) is -0.125. The molecule has 0 aliphatic carbocycles. The maximum atomic E-state index is 12.7. The fourth-order valence-corrected chi connectivity index (χ4v) is 2.85. The summed E-state index contributed by atoms with van der Waals surface area (Å²) in [5.41, 5.74) is 2.80. The third-order valence-electron chi connectivity index (χ3n) is 4.24. The van der Waals surface area contributed by atoms with Crippen molar-refractivity contribution in [2.24, 2.45) is 0 Å². The number of ketones is 1. The number of rotatable bonds is 5. The van der Waals surface area contributed by atoms with Gasteiger partial charge >= 0.3 is 0 Å². The number of hydrogen-bond donors (Lipinski definition) is 1. The van der Waals surface area contributed by atoms with Crippen LogP contribution in [0.4, 0.5) is 11.4 Å². The van der Waals surface area contributed by atoms with Gasteiger partial charge < -0.3 is 15.0 Å². The molecule has 1 heterocycles. The fraction of sp³-hybridized carbons (Fsp3) is 0.300. The topological polar surface area (TPSA) is 58.6 Å². The minimum atomic E-state index is -0.0705. The van der Waals surface area contributed by atoms with E-state index >= 15 is 0 Å². The number of amides is 1.